The molecule has 0 aromatic heterocycles. The van der Waals surface area contributed by atoms with E-state index in [9.17, 15) is 0 Å². The molecule has 0 unspecified atom stereocenters. The molecule has 1 N–H and O–H groups in total. The van der Waals surface area contributed by atoms with Crippen molar-refractivity contribution in [3.8, 4) is 0 Å². The summed E-state index contributed by atoms with van der Waals surface area (Å²) in [5.41, 5.74) is 5.05. The molecule has 1 aliphatic heterocycles. The van der Waals surface area contributed by atoms with Crippen LogP contribution in [0.2, 0.25) is 0 Å². The van der Waals surface area contributed by atoms with Crippen LogP contribution in [0.15, 0.2) is 11.8 Å². The Hall–Kier alpha value is -0.540. The maximum absolute atomic E-state index is 3.41. The fraction of sp³-hybridized carbons (Fsp3) is 0.846. The highest BCUT2D eigenvalue weighted by molar-refractivity contribution is 5.10. The van der Waals surface area contributed by atoms with Gasteiger partial charge < -0.3 is 5.01 Å². The van der Waals surface area contributed by atoms with E-state index in [1.54, 1.807) is 5.57 Å². The number of likely N-dealkylation sites (N-methyl/N-ethyl adjacent to an activating group) is 1. The fourth-order valence-electron chi connectivity index (χ4n) is 2.76. The van der Waals surface area contributed by atoms with Crippen LogP contribution in [-0.4, -0.2) is 29.7 Å². The minimum absolute atomic E-state index is 0.846. The average molecular weight is 223 g/mol. The second kappa shape index (κ2) is 5.69. The normalized spacial score (nSPS) is 24.6. The second-order valence-electron chi connectivity index (χ2n) is 4.94. The first-order chi connectivity index (χ1) is 7.83. The van der Waals surface area contributed by atoms with Gasteiger partial charge in [0.15, 0.2) is 0 Å². The van der Waals surface area contributed by atoms with Crippen LogP contribution in [0.25, 0.3) is 0 Å². The molecule has 0 amide bonds. The molecule has 92 valence electrons. The van der Waals surface area contributed by atoms with Gasteiger partial charge in [-0.1, -0.05) is 26.2 Å². The van der Waals surface area contributed by atoms with Crippen LogP contribution in [0.3, 0.4) is 0 Å². The lowest BCUT2D eigenvalue weighted by Crippen LogP contribution is -2.52. The SMILES string of the molecule is CCN1C=C(C2CCCCC2)CN(CC)N1. The van der Waals surface area contributed by atoms with Crippen LogP contribution in [0.1, 0.15) is 46.0 Å². The van der Waals surface area contributed by atoms with Crippen molar-refractivity contribution in [1.29, 1.82) is 0 Å². The van der Waals surface area contributed by atoms with Gasteiger partial charge in [-0.25, -0.2) is 5.01 Å². The van der Waals surface area contributed by atoms with Crippen molar-refractivity contribution in [3.63, 3.8) is 0 Å². The molecule has 1 aliphatic carbocycles. The Bertz CT molecular complexity index is 244. The van der Waals surface area contributed by atoms with Crippen LogP contribution in [0.5, 0.6) is 0 Å². The highest BCUT2D eigenvalue weighted by atomic mass is 15.8. The maximum Gasteiger partial charge on any atom is 0.0379 e. The summed E-state index contributed by atoms with van der Waals surface area (Å²) < 4.78 is 0. The molecule has 0 aromatic carbocycles. The third-order valence-electron chi connectivity index (χ3n) is 3.82. The van der Waals surface area contributed by atoms with Gasteiger partial charge in [-0.05, 0) is 31.3 Å². The molecule has 16 heavy (non-hydrogen) atoms. The summed E-state index contributed by atoms with van der Waals surface area (Å²) in [5.74, 6) is 0.846. The van der Waals surface area contributed by atoms with E-state index < -0.39 is 0 Å². The topological polar surface area (TPSA) is 18.5 Å². The second-order valence-corrected chi connectivity index (χ2v) is 4.94. The molecule has 1 saturated carbocycles. The first-order valence-electron chi connectivity index (χ1n) is 6.82. The quantitative estimate of drug-likeness (QED) is 0.793. The van der Waals surface area contributed by atoms with Crippen molar-refractivity contribution in [2.24, 2.45) is 5.92 Å². The largest absolute Gasteiger partial charge is 0.302 e. The van der Waals surface area contributed by atoms with Gasteiger partial charge in [0.25, 0.3) is 0 Å². The summed E-state index contributed by atoms with van der Waals surface area (Å²) in [6.07, 6.45) is 9.45. The van der Waals surface area contributed by atoms with Crippen molar-refractivity contribution in [1.82, 2.24) is 15.6 Å². The van der Waals surface area contributed by atoms with Crippen molar-refractivity contribution in [2.45, 2.75) is 46.0 Å². The van der Waals surface area contributed by atoms with E-state index in [-0.39, 0.29) is 0 Å². The zero-order valence-electron chi connectivity index (χ0n) is 10.7. The maximum atomic E-state index is 3.41. The zero-order valence-corrected chi connectivity index (χ0v) is 10.7. The number of nitrogens with one attached hydrogen (secondary N) is 1. The standard InChI is InChI=1S/C13H25N3/c1-3-15-10-13(11-16(4-2)14-15)12-8-6-5-7-9-12/h10,12,14H,3-9,11H2,1-2H3. The summed E-state index contributed by atoms with van der Waals surface area (Å²) >= 11 is 0. The highest BCUT2D eigenvalue weighted by Gasteiger charge is 2.23. The fourth-order valence-corrected chi connectivity index (χ4v) is 2.76. The van der Waals surface area contributed by atoms with Gasteiger partial charge in [-0.15, -0.1) is 0 Å². The van der Waals surface area contributed by atoms with Crippen molar-refractivity contribution in [3.05, 3.63) is 11.8 Å². The summed E-state index contributed by atoms with van der Waals surface area (Å²) in [6.45, 7) is 7.62. The Morgan fingerprint density at radius 1 is 1.19 bits per heavy atom. The Balaban J connectivity index is 2.02. The number of hydrogen-bond acceptors (Lipinski definition) is 3. The van der Waals surface area contributed by atoms with Crippen LogP contribution in [0, 0.1) is 5.92 Å². The van der Waals surface area contributed by atoms with Crippen molar-refractivity contribution < 1.29 is 0 Å². The molecular formula is C13H25N3. The molecule has 0 saturated heterocycles. The summed E-state index contributed by atoms with van der Waals surface area (Å²) in [5, 5.41) is 4.53. The van der Waals surface area contributed by atoms with Gasteiger partial charge in [0.2, 0.25) is 0 Å². The van der Waals surface area contributed by atoms with E-state index in [0.717, 1.165) is 25.6 Å². The molecule has 0 radical (unpaired) electrons. The average Bonchev–Trinajstić information content (AvgIpc) is 2.39. The van der Waals surface area contributed by atoms with Gasteiger partial charge in [0.05, 0.1) is 0 Å². The van der Waals surface area contributed by atoms with Crippen LogP contribution in [-0.2, 0) is 0 Å². The smallest absolute Gasteiger partial charge is 0.0379 e. The third kappa shape index (κ3) is 2.77. The van der Waals surface area contributed by atoms with Crippen molar-refractivity contribution in [2.75, 3.05) is 19.6 Å². The molecule has 0 atom stereocenters. The minimum Gasteiger partial charge on any atom is -0.302 e. The number of nitrogens with zero attached hydrogens (tertiary/aromatic N) is 2. The van der Waals surface area contributed by atoms with Crippen LogP contribution < -0.4 is 5.53 Å². The first-order valence-corrected chi connectivity index (χ1v) is 6.82. The van der Waals surface area contributed by atoms with Gasteiger partial charge in [-0.3, -0.25) is 0 Å². The molecule has 0 aromatic rings. The Kier molecular flexibility index (Phi) is 4.24. The van der Waals surface area contributed by atoms with Gasteiger partial charge in [-0.2, -0.15) is 5.53 Å². The number of rotatable bonds is 3. The summed E-state index contributed by atoms with van der Waals surface area (Å²) in [4.78, 5) is 0. The third-order valence-corrected chi connectivity index (χ3v) is 3.82. The Morgan fingerprint density at radius 3 is 2.56 bits per heavy atom. The molecule has 2 rings (SSSR count). The first kappa shape index (κ1) is 11.9. The molecule has 1 fully saturated rings. The van der Waals surface area contributed by atoms with Crippen molar-refractivity contribution >= 4 is 0 Å². The number of hydrazine groups is 2. The summed E-state index contributed by atoms with van der Waals surface area (Å²) in [7, 11) is 0. The molecule has 3 nitrogen and oxygen atoms in total. The van der Waals surface area contributed by atoms with Gasteiger partial charge in [0.1, 0.15) is 0 Å². The molecule has 3 heteroatoms. The lowest BCUT2D eigenvalue weighted by Gasteiger charge is -2.38. The van der Waals surface area contributed by atoms with E-state index in [1.165, 1.54) is 32.1 Å². The molecule has 2 aliphatic rings. The lowest BCUT2D eigenvalue weighted by atomic mass is 9.84. The lowest BCUT2D eigenvalue weighted by molar-refractivity contribution is 0.0524. The van der Waals surface area contributed by atoms with Crippen LogP contribution in [0.4, 0.5) is 0 Å². The monoisotopic (exact) mass is 223 g/mol. The predicted molar refractivity (Wildman–Crippen MR) is 67.4 cm³/mol. The van der Waals surface area contributed by atoms with Gasteiger partial charge in [0, 0.05) is 25.8 Å². The molecule has 0 bridgehead atoms. The van der Waals surface area contributed by atoms with E-state index in [1.807, 2.05) is 0 Å². The minimum atomic E-state index is 0.846. The molecule has 1 heterocycles. The van der Waals surface area contributed by atoms with Gasteiger partial charge >= 0.3 is 0 Å². The van der Waals surface area contributed by atoms with Crippen LogP contribution >= 0.6 is 0 Å². The predicted octanol–water partition coefficient (Wildman–Crippen LogP) is 2.53. The van der Waals surface area contributed by atoms with E-state index in [2.05, 4.69) is 35.6 Å². The van der Waals surface area contributed by atoms with E-state index >= 15 is 0 Å². The number of hydrogen-bond donors (Lipinski definition) is 1. The Morgan fingerprint density at radius 2 is 1.94 bits per heavy atom. The zero-order chi connectivity index (χ0) is 11.4. The molecular weight excluding hydrogens is 198 g/mol. The van der Waals surface area contributed by atoms with E-state index in [4.69, 9.17) is 0 Å². The van der Waals surface area contributed by atoms with E-state index in [0.29, 0.717) is 0 Å². The molecule has 0 spiro atoms. The Labute approximate surface area is 99.4 Å². The summed E-state index contributed by atoms with van der Waals surface area (Å²) in [6, 6.07) is 0. The highest BCUT2D eigenvalue weighted by Crippen LogP contribution is 2.31.